The molecule has 3 heteroatoms. The zero-order valence-electron chi connectivity index (χ0n) is 13.3. The van der Waals surface area contributed by atoms with Crippen LogP contribution in [0.5, 0.6) is 0 Å². The van der Waals surface area contributed by atoms with E-state index in [2.05, 4.69) is 6.92 Å². The molecule has 0 radical (unpaired) electrons. The Hall–Kier alpha value is -1.90. The lowest BCUT2D eigenvalue weighted by molar-refractivity contribution is -0.115. The number of ketones is 1. The average molecular weight is 300 g/mol. The van der Waals surface area contributed by atoms with Crippen LogP contribution in [0.2, 0.25) is 0 Å². The minimum atomic E-state index is -0.252. The molecule has 0 saturated heterocycles. The van der Waals surface area contributed by atoms with Crippen LogP contribution in [-0.4, -0.2) is 18.4 Å². The second kappa shape index (κ2) is 8.52. The van der Waals surface area contributed by atoms with Gasteiger partial charge in [0, 0.05) is 6.42 Å². The predicted molar refractivity (Wildman–Crippen MR) is 86.8 cm³/mol. The van der Waals surface area contributed by atoms with Gasteiger partial charge in [-0.1, -0.05) is 36.6 Å². The smallest absolute Gasteiger partial charge is 0.338 e. The standard InChI is InChI=1S/C19H24O3/c1-15-12-13-18(20)17(15)11-7-2-3-8-14-22-19(21)16-9-5-4-6-10-16/h4-6,9-10H,2-3,7-8,11-14H2,1H3. The van der Waals surface area contributed by atoms with Gasteiger partial charge in [0.25, 0.3) is 0 Å². The van der Waals surface area contributed by atoms with E-state index in [0.29, 0.717) is 24.4 Å². The second-order valence-electron chi connectivity index (χ2n) is 5.85. The summed E-state index contributed by atoms with van der Waals surface area (Å²) in [4.78, 5) is 23.4. The summed E-state index contributed by atoms with van der Waals surface area (Å²) >= 11 is 0. The van der Waals surface area contributed by atoms with Gasteiger partial charge in [-0.15, -0.1) is 0 Å². The van der Waals surface area contributed by atoms with E-state index >= 15 is 0 Å². The van der Waals surface area contributed by atoms with Crippen molar-refractivity contribution in [3.8, 4) is 0 Å². The van der Waals surface area contributed by atoms with Crippen LogP contribution in [0.4, 0.5) is 0 Å². The van der Waals surface area contributed by atoms with Crippen molar-refractivity contribution >= 4 is 11.8 Å². The fourth-order valence-electron chi connectivity index (χ4n) is 2.77. The third-order valence-corrected chi connectivity index (χ3v) is 4.14. The monoisotopic (exact) mass is 300 g/mol. The lowest BCUT2D eigenvalue weighted by atomic mass is 10.0. The summed E-state index contributed by atoms with van der Waals surface area (Å²) in [7, 11) is 0. The number of ether oxygens (including phenoxy) is 1. The lowest BCUT2D eigenvalue weighted by Gasteiger charge is -2.05. The predicted octanol–water partition coefficient (Wildman–Crippen LogP) is 4.47. The number of hydrogen-bond acceptors (Lipinski definition) is 3. The van der Waals surface area contributed by atoms with E-state index in [9.17, 15) is 9.59 Å². The van der Waals surface area contributed by atoms with Gasteiger partial charge in [0.15, 0.2) is 5.78 Å². The zero-order chi connectivity index (χ0) is 15.8. The lowest BCUT2D eigenvalue weighted by Crippen LogP contribution is -2.06. The van der Waals surface area contributed by atoms with E-state index in [-0.39, 0.29) is 5.97 Å². The van der Waals surface area contributed by atoms with Crippen LogP contribution in [0.25, 0.3) is 0 Å². The molecule has 0 unspecified atom stereocenters. The molecule has 0 aromatic heterocycles. The van der Waals surface area contributed by atoms with Crippen LogP contribution < -0.4 is 0 Å². The molecule has 0 aliphatic heterocycles. The number of rotatable bonds is 8. The highest BCUT2D eigenvalue weighted by atomic mass is 16.5. The summed E-state index contributed by atoms with van der Waals surface area (Å²) in [5, 5.41) is 0. The van der Waals surface area contributed by atoms with Crippen molar-refractivity contribution in [2.75, 3.05) is 6.61 Å². The Labute approximate surface area is 132 Å². The summed E-state index contributed by atoms with van der Waals surface area (Å²) < 4.78 is 5.24. The van der Waals surface area contributed by atoms with Crippen LogP contribution >= 0.6 is 0 Å². The van der Waals surface area contributed by atoms with Crippen molar-refractivity contribution in [1.82, 2.24) is 0 Å². The largest absolute Gasteiger partial charge is 0.462 e. The summed E-state index contributed by atoms with van der Waals surface area (Å²) in [6, 6.07) is 9.06. The molecule has 0 atom stereocenters. The van der Waals surface area contributed by atoms with Gasteiger partial charge in [0.1, 0.15) is 0 Å². The van der Waals surface area contributed by atoms with Gasteiger partial charge in [0.2, 0.25) is 0 Å². The van der Waals surface area contributed by atoms with Crippen LogP contribution in [-0.2, 0) is 9.53 Å². The van der Waals surface area contributed by atoms with Crippen LogP contribution in [0.1, 0.15) is 62.2 Å². The maximum Gasteiger partial charge on any atom is 0.338 e. The molecule has 0 N–H and O–H groups in total. The van der Waals surface area contributed by atoms with E-state index in [4.69, 9.17) is 4.74 Å². The molecule has 22 heavy (non-hydrogen) atoms. The van der Waals surface area contributed by atoms with Crippen LogP contribution in [0.15, 0.2) is 41.5 Å². The molecule has 0 spiro atoms. The second-order valence-corrected chi connectivity index (χ2v) is 5.85. The molecule has 1 aliphatic carbocycles. The molecule has 0 bridgehead atoms. The Kier molecular flexibility index (Phi) is 6.38. The van der Waals surface area contributed by atoms with Gasteiger partial charge in [0.05, 0.1) is 12.2 Å². The third kappa shape index (κ3) is 4.83. The number of allylic oxidation sites excluding steroid dienone is 2. The van der Waals surface area contributed by atoms with Crippen molar-refractivity contribution in [3.05, 3.63) is 47.0 Å². The van der Waals surface area contributed by atoms with E-state index in [1.807, 2.05) is 18.2 Å². The first-order valence-electron chi connectivity index (χ1n) is 8.12. The summed E-state index contributed by atoms with van der Waals surface area (Å²) in [6.45, 7) is 2.54. The molecule has 2 rings (SSSR count). The number of hydrogen-bond donors (Lipinski definition) is 0. The van der Waals surface area contributed by atoms with E-state index < -0.39 is 0 Å². The zero-order valence-corrected chi connectivity index (χ0v) is 13.3. The SMILES string of the molecule is CC1=C(CCCCCCOC(=O)c2ccccc2)C(=O)CC1. The highest BCUT2D eigenvalue weighted by Gasteiger charge is 2.18. The Morgan fingerprint density at radius 2 is 1.77 bits per heavy atom. The minimum Gasteiger partial charge on any atom is -0.462 e. The highest BCUT2D eigenvalue weighted by molar-refractivity contribution is 5.98. The number of esters is 1. The van der Waals surface area contributed by atoms with Crippen molar-refractivity contribution in [3.63, 3.8) is 0 Å². The molecular weight excluding hydrogens is 276 g/mol. The van der Waals surface area contributed by atoms with Gasteiger partial charge in [-0.3, -0.25) is 4.79 Å². The summed E-state index contributed by atoms with van der Waals surface area (Å²) in [6.07, 6.45) is 6.60. The number of carbonyl (C=O) groups excluding carboxylic acids is 2. The van der Waals surface area contributed by atoms with Gasteiger partial charge in [-0.2, -0.15) is 0 Å². The first-order chi connectivity index (χ1) is 10.7. The maximum absolute atomic E-state index is 11.7. The Balaban J connectivity index is 1.54. The van der Waals surface area contributed by atoms with Crippen LogP contribution in [0, 0.1) is 0 Å². The number of benzene rings is 1. The molecular formula is C19H24O3. The van der Waals surface area contributed by atoms with Crippen molar-refractivity contribution in [2.45, 2.75) is 51.9 Å². The Bertz CT molecular complexity index is 543. The van der Waals surface area contributed by atoms with Crippen molar-refractivity contribution in [2.24, 2.45) is 0 Å². The molecule has 1 aliphatic rings. The Morgan fingerprint density at radius 3 is 2.45 bits per heavy atom. The molecule has 0 amide bonds. The van der Waals surface area contributed by atoms with E-state index in [1.165, 1.54) is 5.57 Å². The first kappa shape index (κ1) is 16.5. The molecule has 118 valence electrons. The summed E-state index contributed by atoms with van der Waals surface area (Å²) in [5.74, 6) is 0.0900. The number of Topliss-reactive ketones (excluding diaryl/α,β-unsaturated/α-hetero) is 1. The van der Waals surface area contributed by atoms with Crippen molar-refractivity contribution < 1.29 is 14.3 Å². The van der Waals surface area contributed by atoms with Gasteiger partial charge in [-0.25, -0.2) is 4.79 Å². The molecule has 0 saturated carbocycles. The topological polar surface area (TPSA) is 43.4 Å². The van der Waals surface area contributed by atoms with Crippen LogP contribution in [0.3, 0.4) is 0 Å². The molecule has 0 fully saturated rings. The van der Waals surface area contributed by atoms with Gasteiger partial charge in [-0.05, 0) is 50.3 Å². The van der Waals surface area contributed by atoms with E-state index in [0.717, 1.165) is 44.1 Å². The summed E-state index contributed by atoms with van der Waals surface area (Å²) in [5.41, 5.74) is 2.95. The minimum absolute atomic E-state index is 0.252. The van der Waals surface area contributed by atoms with Crippen molar-refractivity contribution in [1.29, 1.82) is 0 Å². The fraction of sp³-hybridized carbons (Fsp3) is 0.474. The molecule has 1 aromatic carbocycles. The third-order valence-electron chi connectivity index (χ3n) is 4.14. The molecule has 0 heterocycles. The normalized spacial score (nSPS) is 14.5. The number of unbranched alkanes of at least 4 members (excludes halogenated alkanes) is 3. The van der Waals surface area contributed by atoms with Gasteiger partial charge < -0.3 is 4.74 Å². The number of carbonyl (C=O) groups is 2. The molecule has 1 aromatic rings. The quantitative estimate of drug-likeness (QED) is 0.525. The molecule has 3 nitrogen and oxygen atoms in total. The average Bonchev–Trinajstić information content (AvgIpc) is 2.86. The maximum atomic E-state index is 11.7. The fourth-order valence-corrected chi connectivity index (χ4v) is 2.77. The Morgan fingerprint density at radius 1 is 1.05 bits per heavy atom. The highest BCUT2D eigenvalue weighted by Crippen LogP contribution is 2.26. The first-order valence-corrected chi connectivity index (χ1v) is 8.12. The van der Waals surface area contributed by atoms with Gasteiger partial charge >= 0.3 is 5.97 Å². The van der Waals surface area contributed by atoms with E-state index in [1.54, 1.807) is 12.1 Å².